The Morgan fingerprint density at radius 3 is 2.80 bits per heavy atom. The van der Waals surface area contributed by atoms with Gasteiger partial charge in [-0.15, -0.1) is 0 Å². The number of ether oxygens (including phenoxy) is 3. The summed E-state index contributed by atoms with van der Waals surface area (Å²) in [5.74, 6) is -0.994. The van der Waals surface area contributed by atoms with Crippen molar-refractivity contribution in [1.82, 2.24) is 4.90 Å². The summed E-state index contributed by atoms with van der Waals surface area (Å²) in [6.07, 6.45) is 5.26. The number of hydrogen-bond donors (Lipinski definition) is 1. The van der Waals surface area contributed by atoms with Crippen LogP contribution in [0.2, 0.25) is 0 Å². The van der Waals surface area contributed by atoms with E-state index in [-0.39, 0.29) is 46.1 Å². The number of furan rings is 1. The molecule has 10 nitrogen and oxygen atoms in total. The van der Waals surface area contributed by atoms with E-state index in [1.807, 2.05) is 4.90 Å². The number of rotatable bonds is 8. The SMILES string of the molecule is COC(=O)c1c(NS(=O)(=O)c2ccc(F)cc2C=CCN2CCC(OC(C)=O)C2)ccc2c1OCc1occc1-2. The largest absolute Gasteiger partial charge is 0.484 e. The zero-order valence-electron chi connectivity index (χ0n) is 21.8. The number of esters is 2. The van der Waals surface area contributed by atoms with Gasteiger partial charge in [-0.1, -0.05) is 12.2 Å². The van der Waals surface area contributed by atoms with Gasteiger partial charge in [0.15, 0.2) is 0 Å². The van der Waals surface area contributed by atoms with E-state index in [1.165, 1.54) is 32.4 Å². The molecule has 0 radical (unpaired) electrons. The van der Waals surface area contributed by atoms with Crippen molar-refractivity contribution in [3.63, 3.8) is 0 Å². The predicted molar refractivity (Wildman–Crippen MR) is 143 cm³/mol. The molecule has 3 heterocycles. The number of carbonyl (C=O) groups excluding carboxylic acids is 2. The molecule has 2 aromatic carbocycles. The average molecular weight is 571 g/mol. The smallest absolute Gasteiger partial charge is 0.343 e. The van der Waals surface area contributed by atoms with E-state index in [0.29, 0.717) is 37.4 Å². The molecular formula is C28H27FN2O8S. The first-order valence-corrected chi connectivity index (χ1v) is 14.0. The number of carbonyl (C=O) groups is 2. The van der Waals surface area contributed by atoms with Crippen molar-refractivity contribution in [2.24, 2.45) is 0 Å². The highest BCUT2D eigenvalue weighted by Gasteiger charge is 2.30. The van der Waals surface area contributed by atoms with Crippen molar-refractivity contribution >= 4 is 33.7 Å². The van der Waals surface area contributed by atoms with Gasteiger partial charge >= 0.3 is 11.9 Å². The van der Waals surface area contributed by atoms with Crippen molar-refractivity contribution in [3.05, 3.63) is 71.4 Å². The highest BCUT2D eigenvalue weighted by atomic mass is 32.2. The van der Waals surface area contributed by atoms with Crippen molar-refractivity contribution < 1.29 is 41.0 Å². The van der Waals surface area contributed by atoms with Crippen LogP contribution in [0.15, 0.2) is 58.1 Å². The quantitative estimate of drug-likeness (QED) is 0.397. The summed E-state index contributed by atoms with van der Waals surface area (Å²) in [5.41, 5.74) is 1.27. The van der Waals surface area contributed by atoms with Crippen LogP contribution >= 0.6 is 0 Å². The molecular weight excluding hydrogens is 543 g/mol. The van der Waals surface area contributed by atoms with Crippen LogP contribution < -0.4 is 9.46 Å². The van der Waals surface area contributed by atoms with Gasteiger partial charge in [0.2, 0.25) is 0 Å². The number of nitrogens with one attached hydrogen (secondary N) is 1. The highest BCUT2D eigenvalue weighted by Crippen LogP contribution is 2.43. The molecule has 12 heteroatoms. The average Bonchev–Trinajstić information content (AvgIpc) is 3.57. The minimum atomic E-state index is -4.29. The lowest BCUT2D eigenvalue weighted by Gasteiger charge is -2.22. The van der Waals surface area contributed by atoms with Crippen LogP contribution in [0.25, 0.3) is 17.2 Å². The first-order chi connectivity index (χ1) is 19.2. The van der Waals surface area contributed by atoms with Gasteiger partial charge in [0.25, 0.3) is 10.0 Å². The zero-order valence-corrected chi connectivity index (χ0v) is 22.6. The fourth-order valence-corrected chi connectivity index (χ4v) is 6.14. The Morgan fingerprint density at radius 1 is 1.20 bits per heavy atom. The maximum Gasteiger partial charge on any atom is 0.343 e. The summed E-state index contributed by atoms with van der Waals surface area (Å²) in [7, 11) is -3.11. The third-order valence-corrected chi connectivity index (χ3v) is 8.10. The fraction of sp³-hybridized carbons (Fsp3) is 0.286. The molecule has 1 fully saturated rings. The molecule has 40 heavy (non-hydrogen) atoms. The van der Waals surface area contributed by atoms with E-state index < -0.39 is 21.8 Å². The molecule has 1 unspecified atom stereocenters. The third-order valence-electron chi connectivity index (χ3n) is 6.66. The van der Waals surface area contributed by atoms with Gasteiger partial charge in [0.1, 0.15) is 35.6 Å². The molecule has 1 N–H and O–H groups in total. The van der Waals surface area contributed by atoms with Gasteiger partial charge < -0.3 is 18.6 Å². The fourth-order valence-electron chi connectivity index (χ4n) is 4.88. The number of halogens is 1. The van der Waals surface area contributed by atoms with Crippen molar-refractivity contribution in [1.29, 1.82) is 0 Å². The van der Waals surface area contributed by atoms with Gasteiger partial charge in [-0.05, 0) is 48.4 Å². The van der Waals surface area contributed by atoms with E-state index in [2.05, 4.69) is 4.72 Å². The summed E-state index contributed by atoms with van der Waals surface area (Å²) >= 11 is 0. The first kappa shape index (κ1) is 27.4. The van der Waals surface area contributed by atoms with Crippen LogP contribution in [0.3, 0.4) is 0 Å². The monoisotopic (exact) mass is 570 g/mol. The summed E-state index contributed by atoms with van der Waals surface area (Å²) < 4.78 is 65.1. The standard InChI is InChI=1S/C28H27FN2O8S/c1-17(32)39-20-9-12-31(15-20)11-3-4-18-14-19(29)5-8-25(18)40(34,35)30-23-7-6-22-21-10-13-37-24(21)16-38-27(22)26(23)28(33)36-2/h3-8,10,13-14,20,30H,9,11-12,15-16H2,1-2H3. The molecule has 1 atom stereocenters. The van der Waals surface area contributed by atoms with Crippen molar-refractivity contribution in [2.75, 3.05) is 31.5 Å². The lowest BCUT2D eigenvalue weighted by molar-refractivity contribution is -0.145. The predicted octanol–water partition coefficient (Wildman–Crippen LogP) is 4.22. The molecule has 0 amide bonds. The van der Waals surface area contributed by atoms with E-state index in [4.69, 9.17) is 18.6 Å². The van der Waals surface area contributed by atoms with E-state index in [0.717, 1.165) is 23.8 Å². The van der Waals surface area contributed by atoms with E-state index in [9.17, 15) is 22.4 Å². The van der Waals surface area contributed by atoms with Gasteiger partial charge in [-0.3, -0.25) is 14.4 Å². The zero-order chi connectivity index (χ0) is 28.4. The molecule has 210 valence electrons. The molecule has 5 rings (SSSR count). The van der Waals surface area contributed by atoms with Gasteiger partial charge in [0.05, 0.1) is 24.0 Å². The normalized spacial score (nSPS) is 16.7. The maximum absolute atomic E-state index is 14.2. The Balaban J connectivity index is 1.42. The van der Waals surface area contributed by atoms with Crippen molar-refractivity contribution in [3.8, 4) is 16.9 Å². The summed E-state index contributed by atoms with van der Waals surface area (Å²) in [6.45, 7) is 3.13. The number of fused-ring (bicyclic) bond motifs is 3. The van der Waals surface area contributed by atoms with E-state index >= 15 is 0 Å². The second-order valence-electron chi connectivity index (χ2n) is 9.37. The Bertz CT molecular complexity index is 1600. The molecule has 2 aliphatic heterocycles. The van der Waals surface area contributed by atoms with E-state index in [1.54, 1.807) is 18.2 Å². The summed E-state index contributed by atoms with van der Waals surface area (Å²) in [5, 5.41) is 0. The second kappa shape index (κ2) is 11.1. The first-order valence-electron chi connectivity index (χ1n) is 12.5. The number of anilines is 1. The minimum Gasteiger partial charge on any atom is -0.484 e. The number of benzene rings is 2. The molecule has 1 aromatic heterocycles. The van der Waals surface area contributed by atoms with Crippen LogP contribution in [0.5, 0.6) is 5.75 Å². The number of hydrogen-bond acceptors (Lipinski definition) is 9. The lowest BCUT2D eigenvalue weighted by atomic mass is 9.98. The van der Waals surface area contributed by atoms with Gasteiger partial charge in [0, 0.05) is 37.7 Å². The Kier molecular flexibility index (Phi) is 7.63. The topological polar surface area (TPSA) is 124 Å². The summed E-state index contributed by atoms with van der Waals surface area (Å²) in [6, 6.07) is 8.13. The molecule has 0 saturated carbocycles. The molecule has 0 aliphatic carbocycles. The van der Waals surface area contributed by atoms with Gasteiger partial charge in [-0.25, -0.2) is 17.6 Å². The van der Waals surface area contributed by atoms with Crippen LogP contribution in [-0.2, 0) is 30.9 Å². The Labute approximate surface area is 230 Å². The second-order valence-corrected chi connectivity index (χ2v) is 11.0. The number of methoxy groups -OCH3 is 1. The highest BCUT2D eigenvalue weighted by molar-refractivity contribution is 7.92. The molecule has 0 spiro atoms. The minimum absolute atomic E-state index is 0.0506. The molecule has 2 aliphatic rings. The summed E-state index contributed by atoms with van der Waals surface area (Å²) in [4.78, 5) is 25.8. The van der Waals surface area contributed by atoms with Crippen LogP contribution in [0.4, 0.5) is 10.1 Å². The van der Waals surface area contributed by atoms with Crippen LogP contribution in [0.1, 0.15) is 35.0 Å². The van der Waals surface area contributed by atoms with Gasteiger partial charge in [-0.2, -0.15) is 0 Å². The number of sulfonamides is 1. The Hall–Kier alpha value is -4.16. The number of likely N-dealkylation sites (tertiary alicyclic amines) is 1. The Morgan fingerprint density at radius 2 is 2.02 bits per heavy atom. The molecule has 1 saturated heterocycles. The van der Waals surface area contributed by atoms with Crippen molar-refractivity contribution in [2.45, 2.75) is 31.0 Å². The molecule has 3 aromatic rings. The third kappa shape index (κ3) is 5.58. The van der Waals surface area contributed by atoms with Crippen LogP contribution in [0, 0.1) is 5.82 Å². The van der Waals surface area contributed by atoms with Crippen LogP contribution in [-0.4, -0.2) is 58.1 Å². The number of nitrogens with zero attached hydrogens (tertiary/aromatic N) is 1. The maximum atomic E-state index is 14.2. The molecule has 0 bridgehead atoms. The lowest BCUT2D eigenvalue weighted by Crippen LogP contribution is -2.24.